The fraction of sp³-hybridized carbons (Fsp3) is 0.190. The number of anilines is 2. The van der Waals surface area contributed by atoms with E-state index in [0.717, 1.165) is 21.6 Å². The number of para-hydroxylation sites is 3. The van der Waals surface area contributed by atoms with Crippen LogP contribution in [0.3, 0.4) is 0 Å². The number of aromatic nitrogens is 2. The molecule has 2 amide bonds. The molecule has 30 heavy (non-hydrogen) atoms. The van der Waals surface area contributed by atoms with E-state index in [1.54, 1.807) is 6.92 Å². The van der Waals surface area contributed by atoms with Gasteiger partial charge in [0, 0.05) is 19.3 Å². The maximum Gasteiger partial charge on any atom is 0.413 e. The Balaban J connectivity index is 0.000000172. The SMILES string of the molecule is CC1=C(C(=O)Nc2ccccc2)NCCO1.CN(C(=O)O)c1nc2ccccc2[nH]1. The molecular formula is C21H23N5O4. The van der Waals surface area contributed by atoms with Crippen molar-refractivity contribution >= 4 is 34.7 Å². The van der Waals surface area contributed by atoms with Crippen molar-refractivity contribution in [3.05, 3.63) is 66.1 Å². The van der Waals surface area contributed by atoms with Gasteiger partial charge in [0.1, 0.15) is 18.1 Å². The molecule has 0 bridgehead atoms. The number of H-pyrrole nitrogens is 1. The van der Waals surface area contributed by atoms with Crippen LogP contribution in [0.25, 0.3) is 11.0 Å². The summed E-state index contributed by atoms with van der Waals surface area (Å²) in [6.07, 6.45) is -1.04. The first-order valence-electron chi connectivity index (χ1n) is 9.31. The molecule has 4 rings (SSSR count). The van der Waals surface area contributed by atoms with Crippen molar-refractivity contribution in [2.24, 2.45) is 0 Å². The fourth-order valence-electron chi connectivity index (χ4n) is 2.72. The maximum atomic E-state index is 11.9. The summed E-state index contributed by atoms with van der Waals surface area (Å²) in [6, 6.07) is 16.7. The van der Waals surface area contributed by atoms with Crippen LogP contribution >= 0.6 is 0 Å². The molecule has 4 N–H and O–H groups in total. The summed E-state index contributed by atoms with van der Waals surface area (Å²) >= 11 is 0. The van der Waals surface area contributed by atoms with E-state index in [4.69, 9.17) is 9.84 Å². The van der Waals surface area contributed by atoms with Crippen LogP contribution < -0.4 is 15.5 Å². The summed E-state index contributed by atoms with van der Waals surface area (Å²) in [6.45, 7) is 3.05. The van der Waals surface area contributed by atoms with Gasteiger partial charge in [-0.2, -0.15) is 0 Å². The molecule has 0 aliphatic carbocycles. The van der Waals surface area contributed by atoms with Crippen LogP contribution in [0.4, 0.5) is 16.4 Å². The monoisotopic (exact) mass is 409 g/mol. The lowest BCUT2D eigenvalue weighted by atomic mass is 10.2. The molecule has 1 aromatic heterocycles. The van der Waals surface area contributed by atoms with E-state index in [1.807, 2.05) is 54.6 Å². The number of hydrogen-bond acceptors (Lipinski definition) is 5. The van der Waals surface area contributed by atoms with Gasteiger partial charge >= 0.3 is 6.09 Å². The molecule has 0 saturated carbocycles. The zero-order valence-electron chi connectivity index (χ0n) is 16.7. The summed E-state index contributed by atoms with van der Waals surface area (Å²) in [5.41, 5.74) is 2.88. The Morgan fingerprint density at radius 1 is 1.13 bits per heavy atom. The molecule has 0 saturated heterocycles. The van der Waals surface area contributed by atoms with Crippen LogP contribution in [0.2, 0.25) is 0 Å². The lowest BCUT2D eigenvalue weighted by Gasteiger charge is -2.20. The van der Waals surface area contributed by atoms with Gasteiger partial charge in [-0.1, -0.05) is 30.3 Å². The molecule has 2 aromatic carbocycles. The summed E-state index contributed by atoms with van der Waals surface area (Å²) in [5.74, 6) is 0.807. The van der Waals surface area contributed by atoms with Gasteiger partial charge in [0.15, 0.2) is 0 Å². The number of nitrogens with one attached hydrogen (secondary N) is 3. The molecule has 2 heterocycles. The number of imidazole rings is 1. The van der Waals surface area contributed by atoms with Crippen LogP contribution in [-0.4, -0.2) is 47.3 Å². The maximum absolute atomic E-state index is 11.9. The van der Waals surface area contributed by atoms with E-state index in [0.29, 0.717) is 30.6 Å². The second-order valence-electron chi connectivity index (χ2n) is 6.45. The largest absolute Gasteiger partial charge is 0.494 e. The number of carbonyl (C=O) groups excluding carboxylic acids is 1. The van der Waals surface area contributed by atoms with E-state index >= 15 is 0 Å². The van der Waals surface area contributed by atoms with E-state index < -0.39 is 6.09 Å². The smallest absolute Gasteiger partial charge is 0.413 e. The molecule has 1 aliphatic rings. The highest BCUT2D eigenvalue weighted by Gasteiger charge is 2.17. The highest BCUT2D eigenvalue weighted by atomic mass is 16.5. The van der Waals surface area contributed by atoms with Crippen molar-refractivity contribution in [3.63, 3.8) is 0 Å². The number of hydrogen-bond donors (Lipinski definition) is 4. The highest BCUT2D eigenvalue weighted by Crippen LogP contribution is 2.15. The van der Waals surface area contributed by atoms with Crippen LogP contribution in [0.1, 0.15) is 6.92 Å². The van der Waals surface area contributed by atoms with Gasteiger partial charge in [-0.25, -0.2) is 9.78 Å². The minimum absolute atomic E-state index is 0.164. The first-order chi connectivity index (χ1) is 14.5. The Kier molecular flexibility index (Phi) is 6.53. The second kappa shape index (κ2) is 9.46. The molecule has 3 aromatic rings. The topological polar surface area (TPSA) is 120 Å². The average molecular weight is 409 g/mol. The summed E-state index contributed by atoms with van der Waals surface area (Å²) in [5, 5.41) is 14.6. The number of nitrogens with zero attached hydrogens (tertiary/aromatic N) is 2. The van der Waals surface area contributed by atoms with Gasteiger partial charge in [-0.05, 0) is 31.2 Å². The first kappa shape index (κ1) is 20.7. The normalized spacial score (nSPS) is 12.9. The number of amides is 2. The third-order valence-electron chi connectivity index (χ3n) is 4.31. The first-order valence-corrected chi connectivity index (χ1v) is 9.31. The predicted octanol–water partition coefficient (Wildman–Crippen LogP) is 3.15. The van der Waals surface area contributed by atoms with Gasteiger partial charge in [-0.3, -0.25) is 9.69 Å². The molecule has 9 nitrogen and oxygen atoms in total. The van der Waals surface area contributed by atoms with Crippen molar-refractivity contribution in [1.82, 2.24) is 15.3 Å². The van der Waals surface area contributed by atoms with Gasteiger partial charge < -0.3 is 25.5 Å². The Bertz CT molecular complexity index is 1030. The van der Waals surface area contributed by atoms with Crippen molar-refractivity contribution in [2.75, 3.05) is 30.4 Å². The van der Waals surface area contributed by atoms with Crippen LogP contribution in [0.15, 0.2) is 66.1 Å². The molecule has 0 fully saturated rings. The van der Waals surface area contributed by atoms with Crippen LogP contribution in [0.5, 0.6) is 0 Å². The number of carbonyl (C=O) groups is 2. The van der Waals surface area contributed by atoms with Crippen molar-refractivity contribution < 1.29 is 19.4 Å². The standard InChI is InChI=1S/C12H14N2O2.C9H9N3O2/c1-9-11(13-7-8-16-9)12(15)14-10-5-3-2-4-6-10;1-12(9(13)14)8-10-6-4-2-3-5-7(6)11-8/h2-6,13H,7-8H2,1H3,(H,14,15);2-5H,1H3,(H,10,11)(H,13,14). The lowest BCUT2D eigenvalue weighted by Crippen LogP contribution is -2.33. The number of allylic oxidation sites excluding steroid dienone is 1. The average Bonchev–Trinajstić information content (AvgIpc) is 3.19. The van der Waals surface area contributed by atoms with E-state index in [9.17, 15) is 9.59 Å². The molecule has 0 atom stereocenters. The molecule has 0 spiro atoms. The van der Waals surface area contributed by atoms with E-state index in [2.05, 4.69) is 20.6 Å². The van der Waals surface area contributed by atoms with Crippen molar-refractivity contribution in [2.45, 2.75) is 6.92 Å². The highest BCUT2D eigenvalue weighted by molar-refractivity contribution is 6.03. The van der Waals surface area contributed by atoms with Crippen molar-refractivity contribution in [1.29, 1.82) is 0 Å². The van der Waals surface area contributed by atoms with Gasteiger partial charge in [-0.15, -0.1) is 0 Å². The number of benzene rings is 2. The number of fused-ring (bicyclic) bond motifs is 1. The minimum atomic E-state index is -1.04. The van der Waals surface area contributed by atoms with Crippen LogP contribution in [0, 0.1) is 0 Å². The van der Waals surface area contributed by atoms with E-state index in [-0.39, 0.29) is 5.91 Å². The summed E-state index contributed by atoms with van der Waals surface area (Å²) in [4.78, 5) is 30.6. The molecule has 156 valence electrons. The predicted molar refractivity (Wildman–Crippen MR) is 114 cm³/mol. The zero-order valence-corrected chi connectivity index (χ0v) is 16.7. The summed E-state index contributed by atoms with van der Waals surface area (Å²) in [7, 11) is 1.44. The Hall–Kier alpha value is -4.01. The zero-order chi connectivity index (χ0) is 21.5. The number of carboxylic acid groups (broad SMARTS) is 1. The molecule has 0 radical (unpaired) electrons. The molecule has 9 heteroatoms. The number of ether oxygens (including phenoxy) is 1. The van der Waals surface area contributed by atoms with Gasteiger partial charge in [0.05, 0.1) is 11.0 Å². The number of rotatable bonds is 3. The van der Waals surface area contributed by atoms with E-state index in [1.165, 1.54) is 7.05 Å². The molecule has 0 unspecified atom stereocenters. The van der Waals surface area contributed by atoms with Gasteiger partial charge in [0.2, 0.25) is 5.95 Å². The molecular weight excluding hydrogens is 386 g/mol. The molecule has 1 aliphatic heterocycles. The summed E-state index contributed by atoms with van der Waals surface area (Å²) < 4.78 is 5.31. The second-order valence-corrected chi connectivity index (χ2v) is 6.45. The van der Waals surface area contributed by atoms with Crippen molar-refractivity contribution in [3.8, 4) is 0 Å². The Labute approximate surface area is 173 Å². The third kappa shape index (κ3) is 5.07. The van der Waals surface area contributed by atoms with Crippen LogP contribution in [-0.2, 0) is 9.53 Å². The lowest BCUT2D eigenvalue weighted by molar-refractivity contribution is -0.113. The third-order valence-corrected chi connectivity index (χ3v) is 4.31. The minimum Gasteiger partial charge on any atom is -0.494 e. The van der Waals surface area contributed by atoms with Gasteiger partial charge in [0.25, 0.3) is 5.91 Å². The Morgan fingerprint density at radius 2 is 1.83 bits per heavy atom. The fourth-order valence-corrected chi connectivity index (χ4v) is 2.72. The Morgan fingerprint density at radius 3 is 2.50 bits per heavy atom. The quantitative estimate of drug-likeness (QED) is 0.528. The number of aromatic amines is 1.